The molecular weight excluding hydrogens is 238 g/mol. The number of hydrogen-bond donors (Lipinski definition) is 2. The lowest BCUT2D eigenvalue weighted by molar-refractivity contribution is 0.440. The Hall–Kier alpha value is -1.69. The lowest BCUT2D eigenvalue weighted by Crippen LogP contribution is -2.16. The zero-order valence-electron chi connectivity index (χ0n) is 9.81. The third-order valence-electron chi connectivity index (χ3n) is 2.37. The largest absolute Gasteiger partial charge is 0.493 e. The standard InChI is InChI=1S/C11H13N3O2S/c1-5(2)8-10(15)13-9(14-11(8)16)7-4-17-6(3)12-7/h4-5H,1-3H3,(H2,13,14,15,16). The minimum Gasteiger partial charge on any atom is -0.493 e. The van der Waals surface area contributed by atoms with Crippen molar-refractivity contribution in [3.63, 3.8) is 0 Å². The highest BCUT2D eigenvalue weighted by atomic mass is 32.1. The van der Waals surface area contributed by atoms with E-state index in [-0.39, 0.29) is 17.4 Å². The predicted molar refractivity (Wildman–Crippen MR) is 66.5 cm³/mol. The summed E-state index contributed by atoms with van der Waals surface area (Å²) in [4.78, 5) is 22.6. The van der Waals surface area contributed by atoms with Gasteiger partial charge in [0, 0.05) is 5.38 Å². The molecule has 0 spiro atoms. The van der Waals surface area contributed by atoms with Crippen molar-refractivity contribution in [3.05, 3.63) is 26.3 Å². The van der Waals surface area contributed by atoms with Gasteiger partial charge in [-0.25, -0.2) is 4.98 Å². The van der Waals surface area contributed by atoms with Crippen LogP contribution in [-0.4, -0.2) is 20.1 Å². The van der Waals surface area contributed by atoms with Crippen LogP contribution >= 0.6 is 11.3 Å². The van der Waals surface area contributed by atoms with Crippen molar-refractivity contribution in [3.8, 4) is 17.4 Å². The number of thiazole rings is 1. The Labute approximate surface area is 102 Å². The van der Waals surface area contributed by atoms with Gasteiger partial charge in [-0.3, -0.25) is 4.79 Å². The molecule has 2 N–H and O–H groups in total. The first-order chi connectivity index (χ1) is 7.99. The molecular formula is C11H13N3O2S. The average Bonchev–Trinajstić information content (AvgIpc) is 2.63. The Bertz CT molecular complexity index is 601. The van der Waals surface area contributed by atoms with E-state index in [0.29, 0.717) is 17.1 Å². The van der Waals surface area contributed by atoms with Crippen LogP contribution in [0.25, 0.3) is 11.5 Å². The van der Waals surface area contributed by atoms with E-state index in [9.17, 15) is 9.90 Å². The van der Waals surface area contributed by atoms with Gasteiger partial charge >= 0.3 is 0 Å². The Kier molecular flexibility index (Phi) is 2.97. The van der Waals surface area contributed by atoms with Crippen LogP contribution in [0.1, 0.15) is 30.3 Å². The average molecular weight is 251 g/mol. The van der Waals surface area contributed by atoms with Crippen LogP contribution in [0.2, 0.25) is 0 Å². The number of hydrogen-bond acceptors (Lipinski definition) is 5. The quantitative estimate of drug-likeness (QED) is 0.856. The highest BCUT2D eigenvalue weighted by Crippen LogP contribution is 2.23. The van der Waals surface area contributed by atoms with E-state index in [4.69, 9.17) is 0 Å². The van der Waals surface area contributed by atoms with E-state index in [0.717, 1.165) is 5.01 Å². The molecule has 2 aromatic rings. The molecule has 6 heteroatoms. The maximum Gasteiger partial charge on any atom is 0.258 e. The summed E-state index contributed by atoms with van der Waals surface area (Å²) in [6, 6.07) is 0. The van der Waals surface area contributed by atoms with Crippen LogP contribution in [0, 0.1) is 6.92 Å². The zero-order valence-corrected chi connectivity index (χ0v) is 10.6. The normalized spacial score (nSPS) is 11.1. The van der Waals surface area contributed by atoms with E-state index in [2.05, 4.69) is 15.0 Å². The molecule has 0 amide bonds. The highest BCUT2D eigenvalue weighted by Gasteiger charge is 2.15. The second-order valence-corrected chi connectivity index (χ2v) is 5.12. The maximum atomic E-state index is 11.8. The van der Waals surface area contributed by atoms with Gasteiger partial charge in [-0.2, -0.15) is 4.98 Å². The SMILES string of the molecule is Cc1nc(-c2nc(O)c(C(C)C)c(=O)[nH]2)cs1. The molecule has 2 heterocycles. The number of nitrogens with zero attached hydrogens (tertiary/aromatic N) is 2. The number of nitrogens with one attached hydrogen (secondary N) is 1. The van der Waals surface area contributed by atoms with Crippen LogP contribution in [-0.2, 0) is 0 Å². The lowest BCUT2D eigenvalue weighted by atomic mass is 10.1. The van der Waals surface area contributed by atoms with Gasteiger partial charge < -0.3 is 10.1 Å². The van der Waals surface area contributed by atoms with Crippen molar-refractivity contribution in [1.82, 2.24) is 15.0 Å². The second kappa shape index (κ2) is 4.29. The summed E-state index contributed by atoms with van der Waals surface area (Å²) < 4.78 is 0. The Morgan fingerprint density at radius 2 is 2.12 bits per heavy atom. The summed E-state index contributed by atoms with van der Waals surface area (Å²) >= 11 is 1.47. The minimum absolute atomic E-state index is 0.0718. The molecule has 5 nitrogen and oxygen atoms in total. The van der Waals surface area contributed by atoms with Gasteiger partial charge in [0.1, 0.15) is 5.69 Å². The van der Waals surface area contributed by atoms with E-state index in [1.54, 1.807) is 5.38 Å². The fourth-order valence-corrected chi connectivity index (χ4v) is 2.18. The molecule has 0 aliphatic rings. The van der Waals surface area contributed by atoms with E-state index in [1.807, 2.05) is 20.8 Å². The molecule has 0 radical (unpaired) electrons. The smallest absolute Gasteiger partial charge is 0.258 e. The molecule has 2 rings (SSSR count). The van der Waals surface area contributed by atoms with Crippen molar-refractivity contribution in [2.45, 2.75) is 26.7 Å². The molecule has 0 saturated heterocycles. The summed E-state index contributed by atoms with van der Waals surface area (Å²) in [5.41, 5.74) is 0.573. The van der Waals surface area contributed by atoms with Crippen LogP contribution < -0.4 is 5.56 Å². The second-order valence-electron chi connectivity index (χ2n) is 4.06. The summed E-state index contributed by atoms with van der Waals surface area (Å²) in [6.45, 7) is 5.53. The minimum atomic E-state index is -0.312. The fourth-order valence-electron chi connectivity index (χ4n) is 1.58. The molecule has 90 valence electrons. The molecule has 0 unspecified atom stereocenters. The summed E-state index contributed by atoms with van der Waals surface area (Å²) in [5.74, 6) is 0.0168. The first-order valence-corrected chi connectivity index (χ1v) is 6.12. The molecule has 17 heavy (non-hydrogen) atoms. The van der Waals surface area contributed by atoms with Gasteiger partial charge in [-0.1, -0.05) is 13.8 Å². The number of aryl methyl sites for hydroxylation is 1. The Morgan fingerprint density at radius 3 is 2.59 bits per heavy atom. The third-order valence-corrected chi connectivity index (χ3v) is 3.15. The number of aromatic nitrogens is 3. The molecule has 0 bridgehead atoms. The maximum absolute atomic E-state index is 11.8. The predicted octanol–water partition coefficient (Wildman–Crippen LogP) is 2.03. The topological polar surface area (TPSA) is 78.9 Å². The zero-order chi connectivity index (χ0) is 12.6. The van der Waals surface area contributed by atoms with Crippen molar-refractivity contribution < 1.29 is 5.11 Å². The van der Waals surface area contributed by atoms with Crippen molar-refractivity contribution >= 4 is 11.3 Å². The Morgan fingerprint density at radius 1 is 1.41 bits per heavy atom. The van der Waals surface area contributed by atoms with E-state index < -0.39 is 0 Å². The van der Waals surface area contributed by atoms with Crippen LogP contribution in [0.5, 0.6) is 5.88 Å². The van der Waals surface area contributed by atoms with Crippen LogP contribution in [0.4, 0.5) is 0 Å². The van der Waals surface area contributed by atoms with Crippen LogP contribution in [0.15, 0.2) is 10.2 Å². The molecule has 0 aromatic carbocycles. The first kappa shape index (κ1) is 11.8. The third kappa shape index (κ3) is 2.21. The van der Waals surface area contributed by atoms with Gasteiger partial charge in [0.25, 0.3) is 5.56 Å². The van der Waals surface area contributed by atoms with Gasteiger partial charge in [-0.05, 0) is 12.8 Å². The summed E-state index contributed by atoms with van der Waals surface area (Å²) in [7, 11) is 0. The molecule has 0 aliphatic carbocycles. The molecule has 0 atom stereocenters. The fraction of sp³-hybridized carbons (Fsp3) is 0.364. The van der Waals surface area contributed by atoms with E-state index in [1.165, 1.54) is 11.3 Å². The summed E-state index contributed by atoms with van der Waals surface area (Å²) in [5, 5.41) is 12.4. The number of aromatic amines is 1. The highest BCUT2D eigenvalue weighted by molar-refractivity contribution is 7.09. The summed E-state index contributed by atoms with van der Waals surface area (Å²) in [6.07, 6.45) is 0. The molecule has 0 aliphatic heterocycles. The van der Waals surface area contributed by atoms with Crippen molar-refractivity contribution in [1.29, 1.82) is 0 Å². The number of H-pyrrole nitrogens is 1. The van der Waals surface area contributed by atoms with Crippen molar-refractivity contribution in [2.75, 3.05) is 0 Å². The Balaban J connectivity index is 2.57. The monoisotopic (exact) mass is 251 g/mol. The molecule has 0 fully saturated rings. The van der Waals surface area contributed by atoms with Gasteiger partial charge in [0.2, 0.25) is 5.88 Å². The molecule has 0 saturated carbocycles. The van der Waals surface area contributed by atoms with Gasteiger partial charge in [0.05, 0.1) is 10.6 Å². The lowest BCUT2D eigenvalue weighted by Gasteiger charge is -2.06. The van der Waals surface area contributed by atoms with Gasteiger partial charge in [-0.15, -0.1) is 11.3 Å². The van der Waals surface area contributed by atoms with Gasteiger partial charge in [0.15, 0.2) is 5.82 Å². The number of rotatable bonds is 2. The first-order valence-electron chi connectivity index (χ1n) is 5.24. The van der Waals surface area contributed by atoms with Crippen molar-refractivity contribution in [2.24, 2.45) is 0 Å². The number of aromatic hydroxyl groups is 1. The van der Waals surface area contributed by atoms with Crippen LogP contribution in [0.3, 0.4) is 0 Å². The van der Waals surface area contributed by atoms with E-state index >= 15 is 0 Å². The molecule has 2 aromatic heterocycles.